The predicted octanol–water partition coefficient (Wildman–Crippen LogP) is 2.99. The van der Waals surface area contributed by atoms with Crippen molar-refractivity contribution in [2.45, 2.75) is 44.8 Å². The molecule has 0 unspecified atom stereocenters. The highest BCUT2D eigenvalue weighted by atomic mass is 16.6. The zero-order chi connectivity index (χ0) is 17.4. The summed E-state index contributed by atoms with van der Waals surface area (Å²) in [7, 11) is 0. The fraction of sp³-hybridized carbons (Fsp3) is 0.556. The smallest absolute Gasteiger partial charge is 0.410 e. The lowest BCUT2D eigenvalue weighted by atomic mass is 9.86. The van der Waals surface area contributed by atoms with Crippen LogP contribution in [0.15, 0.2) is 30.3 Å². The second kappa shape index (κ2) is 6.00. The molecule has 3 rings (SSSR count). The Kier molecular flexibility index (Phi) is 4.15. The zero-order valence-corrected chi connectivity index (χ0v) is 14.5. The molecule has 0 saturated carbocycles. The second-order valence-electron chi connectivity index (χ2n) is 7.52. The van der Waals surface area contributed by atoms with E-state index in [0.717, 1.165) is 18.5 Å². The van der Waals surface area contributed by atoms with Gasteiger partial charge in [-0.3, -0.25) is 4.90 Å². The van der Waals surface area contributed by atoms with E-state index in [-0.39, 0.29) is 17.7 Å². The summed E-state index contributed by atoms with van der Waals surface area (Å²) in [4.78, 5) is 28.2. The largest absolute Gasteiger partial charge is 0.444 e. The number of rotatable bonds is 1. The summed E-state index contributed by atoms with van der Waals surface area (Å²) in [5.74, 6) is 0. The Morgan fingerprint density at radius 1 is 1.17 bits per heavy atom. The van der Waals surface area contributed by atoms with Gasteiger partial charge in [-0.25, -0.2) is 9.59 Å². The number of ether oxygens (including phenoxy) is 1. The van der Waals surface area contributed by atoms with Gasteiger partial charge >= 0.3 is 12.1 Å². The molecule has 6 nitrogen and oxygen atoms in total. The van der Waals surface area contributed by atoms with Crippen LogP contribution < -0.4 is 10.2 Å². The molecule has 0 atom stereocenters. The van der Waals surface area contributed by atoms with Gasteiger partial charge in [-0.1, -0.05) is 18.2 Å². The molecular formula is C18H25N3O3. The first kappa shape index (κ1) is 16.6. The van der Waals surface area contributed by atoms with Crippen LogP contribution in [0.1, 0.15) is 33.6 Å². The van der Waals surface area contributed by atoms with Crippen LogP contribution in [0.25, 0.3) is 0 Å². The summed E-state index contributed by atoms with van der Waals surface area (Å²) < 4.78 is 5.45. The van der Waals surface area contributed by atoms with Gasteiger partial charge in [0.2, 0.25) is 0 Å². The van der Waals surface area contributed by atoms with Crippen molar-refractivity contribution in [2.75, 3.05) is 24.5 Å². The molecule has 2 saturated heterocycles. The average Bonchev–Trinajstić information content (AvgIpc) is 2.83. The number of likely N-dealkylation sites (tertiary alicyclic amines) is 1. The normalized spacial score (nSPS) is 20.2. The van der Waals surface area contributed by atoms with Crippen molar-refractivity contribution < 1.29 is 14.3 Å². The molecule has 2 fully saturated rings. The van der Waals surface area contributed by atoms with Crippen LogP contribution in [-0.2, 0) is 4.74 Å². The number of carbonyl (C=O) groups is 2. The number of hydrogen-bond acceptors (Lipinski definition) is 3. The number of carbonyl (C=O) groups excluding carboxylic acids is 2. The molecule has 1 N–H and O–H groups in total. The van der Waals surface area contributed by atoms with E-state index in [2.05, 4.69) is 5.32 Å². The fourth-order valence-corrected chi connectivity index (χ4v) is 3.41. The van der Waals surface area contributed by atoms with E-state index >= 15 is 0 Å². The van der Waals surface area contributed by atoms with Crippen LogP contribution in [0.3, 0.4) is 0 Å². The predicted molar refractivity (Wildman–Crippen MR) is 92.1 cm³/mol. The zero-order valence-electron chi connectivity index (χ0n) is 14.5. The highest BCUT2D eigenvalue weighted by Gasteiger charge is 2.48. The number of para-hydroxylation sites is 1. The first-order valence-electron chi connectivity index (χ1n) is 8.42. The molecule has 0 radical (unpaired) electrons. The summed E-state index contributed by atoms with van der Waals surface area (Å²) in [5.41, 5.74) is 0.141. The molecule has 130 valence electrons. The van der Waals surface area contributed by atoms with Crippen molar-refractivity contribution in [3.63, 3.8) is 0 Å². The number of piperidine rings is 1. The van der Waals surface area contributed by atoms with E-state index in [4.69, 9.17) is 4.74 Å². The Morgan fingerprint density at radius 3 is 2.38 bits per heavy atom. The summed E-state index contributed by atoms with van der Waals surface area (Å²) in [6, 6.07) is 9.65. The number of nitrogens with zero attached hydrogens (tertiary/aromatic N) is 2. The van der Waals surface area contributed by atoms with Crippen molar-refractivity contribution >= 4 is 17.8 Å². The molecule has 6 heteroatoms. The molecule has 0 aromatic heterocycles. The molecule has 1 spiro atoms. The molecule has 2 aliphatic heterocycles. The molecule has 2 heterocycles. The standard InChI is InChI=1S/C18H25N3O3/c1-17(2,3)24-16(23)20-11-9-18(10-12-20)13-19-15(22)21(18)14-7-5-4-6-8-14/h4-8H,9-13H2,1-3H3,(H,19,22). The Labute approximate surface area is 142 Å². The van der Waals surface area contributed by atoms with Crippen molar-refractivity contribution in [2.24, 2.45) is 0 Å². The van der Waals surface area contributed by atoms with Gasteiger partial charge in [0.1, 0.15) is 5.60 Å². The topological polar surface area (TPSA) is 61.9 Å². The molecule has 0 aliphatic carbocycles. The Morgan fingerprint density at radius 2 is 1.79 bits per heavy atom. The number of urea groups is 1. The minimum atomic E-state index is -0.493. The van der Waals surface area contributed by atoms with Gasteiger partial charge < -0.3 is 15.0 Å². The minimum absolute atomic E-state index is 0.0630. The van der Waals surface area contributed by atoms with Crippen LogP contribution in [0.4, 0.5) is 15.3 Å². The lowest BCUT2D eigenvalue weighted by molar-refractivity contribution is 0.0176. The Hall–Kier alpha value is -2.24. The van der Waals surface area contributed by atoms with Crippen LogP contribution in [0.2, 0.25) is 0 Å². The monoisotopic (exact) mass is 331 g/mol. The minimum Gasteiger partial charge on any atom is -0.444 e. The molecule has 1 aromatic rings. The fourth-order valence-electron chi connectivity index (χ4n) is 3.41. The number of nitrogens with one attached hydrogen (secondary N) is 1. The number of benzene rings is 1. The van der Waals surface area contributed by atoms with Gasteiger partial charge in [-0.05, 0) is 45.7 Å². The van der Waals surface area contributed by atoms with Gasteiger partial charge in [0.25, 0.3) is 0 Å². The molecule has 3 amide bonds. The van der Waals surface area contributed by atoms with Crippen molar-refractivity contribution in [1.82, 2.24) is 10.2 Å². The van der Waals surface area contributed by atoms with E-state index in [9.17, 15) is 9.59 Å². The summed E-state index contributed by atoms with van der Waals surface area (Å²) in [6.07, 6.45) is 1.20. The van der Waals surface area contributed by atoms with Crippen LogP contribution >= 0.6 is 0 Å². The highest BCUT2D eigenvalue weighted by molar-refractivity contribution is 5.96. The third-order valence-corrected chi connectivity index (χ3v) is 4.61. The maximum atomic E-state index is 12.4. The van der Waals surface area contributed by atoms with Gasteiger partial charge in [0.15, 0.2) is 0 Å². The molecule has 1 aromatic carbocycles. The Balaban J connectivity index is 1.72. The maximum Gasteiger partial charge on any atom is 0.410 e. The second-order valence-corrected chi connectivity index (χ2v) is 7.52. The van der Waals surface area contributed by atoms with E-state index in [1.807, 2.05) is 56.0 Å². The lowest BCUT2D eigenvalue weighted by Gasteiger charge is -2.43. The molecule has 0 bridgehead atoms. The summed E-state index contributed by atoms with van der Waals surface area (Å²) >= 11 is 0. The first-order chi connectivity index (χ1) is 11.3. The molecule has 2 aliphatic rings. The van der Waals surface area contributed by atoms with Crippen LogP contribution in [0.5, 0.6) is 0 Å². The number of hydrogen-bond donors (Lipinski definition) is 1. The molecule has 24 heavy (non-hydrogen) atoms. The van der Waals surface area contributed by atoms with Gasteiger partial charge in [-0.15, -0.1) is 0 Å². The summed E-state index contributed by atoms with van der Waals surface area (Å²) in [6.45, 7) is 7.40. The SMILES string of the molecule is CC(C)(C)OC(=O)N1CCC2(CC1)CNC(=O)N2c1ccccc1. The summed E-state index contributed by atoms with van der Waals surface area (Å²) in [5, 5.41) is 2.96. The lowest BCUT2D eigenvalue weighted by Crippen LogP contribution is -2.56. The number of anilines is 1. The van der Waals surface area contributed by atoms with Crippen LogP contribution in [-0.4, -0.2) is 47.8 Å². The van der Waals surface area contributed by atoms with E-state index in [0.29, 0.717) is 19.6 Å². The van der Waals surface area contributed by atoms with Gasteiger partial charge in [-0.2, -0.15) is 0 Å². The quantitative estimate of drug-likeness (QED) is 0.860. The van der Waals surface area contributed by atoms with Crippen molar-refractivity contribution in [3.8, 4) is 0 Å². The third-order valence-electron chi connectivity index (χ3n) is 4.61. The van der Waals surface area contributed by atoms with Crippen molar-refractivity contribution in [3.05, 3.63) is 30.3 Å². The number of amides is 3. The van der Waals surface area contributed by atoms with E-state index < -0.39 is 5.60 Å². The maximum absolute atomic E-state index is 12.4. The van der Waals surface area contributed by atoms with Crippen molar-refractivity contribution in [1.29, 1.82) is 0 Å². The first-order valence-corrected chi connectivity index (χ1v) is 8.42. The van der Waals surface area contributed by atoms with Gasteiger partial charge in [0, 0.05) is 25.3 Å². The van der Waals surface area contributed by atoms with Crippen LogP contribution in [0, 0.1) is 0 Å². The Bertz CT molecular complexity index is 616. The van der Waals surface area contributed by atoms with E-state index in [1.54, 1.807) is 4.90 Å². The molecular weight excluding hydrogens is 306 g/mol. The highest BCUT2D eigenvalue weighted by Crippen LogP contribution is 2.36. The average molecular weight is 331 g/mol. The van der Waals surface area contributed by atoms with Gasteiger partial charge in [0.05, 0.1) is 5.54 Å². The third kappa shape index (κ3) is 3.18. The van der Waals surface area contributed by atoms with E-state index in [1.165, 1.54) is 0 Å².